The number of piperazine rings is 1. The SMILES string of the molecule is CCCNC(=O)CN1CCN(C(=O)CC2CCCCC2)CC1. The first-order valence-corrected chi connectivity index (χ1v) is 8.96. The largest absolute Gasteiger partial charge is 0.355 e. The lowest BCUT2D eigenvalue weighted by Gasteiger charge is -2.35. The van der Waals surface area contributed by atoms with Crippen LogP contribution in [0.1, 0.15) is 51.9 Å². The molecule has 0 aromatic heterocycles. The fourth-order valence-electron chi connectivity index (χ4n) is 3.45. The van der Waals surface area contributed by atoms with Crippen molar-refractivity contribution in [3.05, 3.63) is 0 Å². The van der Waals surface area contributed by atoms with Crippen LogP contribution in [0.5, 0.6) is 0 Å². The number of amides is 2. The van der Waals surface area contributed by atoms with Gasteiger partial charge in [0.25, 0.3) is 0 Å². The lowest BCUT2D eigenvalue weighted by molar-refractivity contribution is -0.134. The Bertz CT molecular complexity index is 359. The van der Waals surface area contributed by atoms with E-state index in [0.29, 0.717) is 18.4 Å². The van der Waals surface area contributed by atoms with Crippen LogP contribution in [0.3, 0.4) is 0 Å². The number of hydrogen-bond acceptors (Lipinski definition) is 3. The lowest BCUT2D eigenvalue weighted by atomic mass is 9.86. The van der Waals surface area contributed by atoms with Crippen molar-refractivity contribution in [1.82, 2.24) is 15.1 Å². The van der Waals surface area contributed by atoms with E-state index in [1.54, 1.807) is 0 Å². The molecule has 2 rings (SSSR count). The minimum Gasteiger partial charge on any atom is -0.355 e. The Labute approximate surface area is 134 Å². The van der Waals surface area contributed by atoms with E-state index in [2.05, 4.69) is 17.1 Å². The second-order valence-corrected chi connectivity index (χ2v) is 6.72. The first-order chi connectivity index (χ1) is 10.7. The van der Waals surface area contributed by atoms with E-state index in [-0.39, 0.29) is 5.91 Å². The monoisotopic (exact) mass is 309 g/mol. The first kappa shape index (κ1) is 17.3. The molecule has 2 fully saturated rings. The second kappa shape index (κ2) is 9.13. The predicted molar refractivity (Wildman–Crippen MR) is 87.5 cm³/mol. The van der Waals surface area contributed by atoms with Crippen LogP contribution in [0.4, 0.5) is 0 Å². The van der Waals surface area contributed by atoms with Crippen molar-refractivity contribution in [2.75, 3.05) is 39.3 Å². The molecule has 1 aliphatic heterocycles. The summed E-state index contributed by atoms with van der Waals surface area (Å²) >= 11 is 0. The molecular weight excluding hydrogens is 278 g/mol. The number of nitrogens with zero attached hydrogens (tertiary/aromatic N) is 2. The molecule has 0 unspecified atom stereocenters. The second-order valence-electron chi connectivity index (χ2n) is 6.72. The van der Waals surface area contributed by atoms with Crippen LogP contribution in [0.2, 0.25) is 0 Å². The van der Waals surface area contributed by atoms with Crippen LogP contribution in [0, 0.1) is 5.92 Å². The highest BCUT2D eigenvalue weighted by Crippen LogP contribution is 2.26. The molecule has 2 amide bonds. The Morgan fingerprint density at radius 2 is 1.73 bits per heavy atom. The van der Waals surface area contributed by atoms with Gasteiger partial charge in [-0.25, -0.2) is 0 Å². The quantitative estimate of drug-likeness (QED) is 0.811. The van der Waals surface area contributed by atoms with E-state index in [9.17, 15) is 9.59 Å². The standard InChI is InChI=1S/C17H31N3O2/c1-2-8-18-16(21)14-19-9-11-20(12-10-19)17(22)13-15-6-4-3-5-7-15/h15H,2-14H2,1H3,(H,18,21). The van der Waals surface area contributed by atoms with Crippen LogP contribution < -0.4 is 5.32 Å². The van der Waals surface area contributed by atoms with Gasteiger partial charge in [0.2, 0.25) is 11.8 Å². The first-order valence-electron chi connectivity index (χ1n) is 8.96. The van der Waals surface area contributed by atoms with Crippen molar-refractivity contribution < 1.29 is 9.59 Å². The third kappa shape index (κ3) is 5.59. The molecular formula is C17H31N3O2. The van der Waals surface area contributed by atoms with Gasteiger partial charge in [-0.3, -0.25) is 14.5 Å². The molecule has 1 heterocycles. The molecule has 2 aliphatic rings. The molecule has 1 N–H and O–H groups in total. The maximum absolute atomic E-state index is 12.4. The maximum Gasteiger partial charge on any atom is 0.234 e. The van der Waals surface area contributed by atoms with Crippen molar-refractivity contribution in [3.8, 4) is 0 Å². The summed E-state index contributed by atoms with van der Waals surface area (Å²) in [6, 6.07) is 0. The van der Waals surface area contributed by atoms with E-state index in [1.807, 2.05) is 4.90 Å². The van der Waals surface area contributed by atoms with Crippen LogP contribution in [-0.4, -0.2) is 60.9 Å². The zero-order valence-electron chi connectivity index (χ0n) is 14.0. The molecule has 1 saturated carbocycles. The molecule has 5 heteroatoms. The van der Waals surface area contributed by atoms with E-state index >= 15 is 0 Å². The van der Waals surface area contributed by atoms with Crippen molar-refractivity contribution in [2.24, 2.45) is 5.92 Å². The fraction of sp³-hybridized carbons (Fsp3) is 0.882. The number of carbonyl (C=O) groups is 2. The average molecular weight is 309 g/mol. The highest BCUT2D eigenvalue weighted by Gasteiger charge is 2.25. The van der Waals surface area contributed by atoms with Crippen LogP contribution in [0.15, 0.2) is 0 Å². The maximum atomic E-state index is 12.4. The summed E-state index contributed by atoms with van der Waals surface area (Å²) in [6.07, 6.45) is 8.07. The normalized spacial score (nSPS) is 20.9. The molecule has 22 heavy (non-hydrogen) atoms. The molecule has 1 aliphatic carbocycles. The van der Waals surface area contributed by atoms with Gasteiger partial charge in [0.05, 0.1) is 6.54 Å². The molecule has 0 aromatic rings. The molecule has 0 spiro atoms. The zero-order valence-corrected chi connectivity index (χ0v) is 14.0. The minimum atomic E-state index is 0.101. The van der Waals surface area contributed by atoms with Crippen LogP contribution in [-0.2, 0) is 9.59 Å². The Kier molecular flexibility index (Phi) is 7.16. The minimum absolute atomic E-state index is 0.101. The van der Waals surface area contributed by atoms with Gasteiger partial charge in [-0.1, -0.05) is 26.2 Å². The van der Waals surface area contributed by atoms with Gasteiger partial charge in [-0.05, 0) is 25.2 Å². The van der Waals surface area contributed by atoms with Gasteiger partial charge >= 0.3 is 0 Å². The zero-order chi connectivity index (χ0) is 15.8. The van der Waals surface area contributed by atoms with Crippen molar-refractivity contribution in [2.45, 2.75) is 51.9 Å². The molecule has 0 radical (unpaired) electrons. The summed E-state index contributed by atoms with van der Waals surface area (Å²) in [6.45, 7) is 6.44. The van der Waals surface area contributed by atoms with Gasteiger partial charge in [-0.15, -0.1) is 0 Å². The molecule has 5 nitrogen and oxygen atoms in total. The molecule has 0 atom stereocenters. The Morgan fingerprint density at radius 1 is 1.05 bits per heavy atom. The van der Waals surface area contributed by atoms with Gasteiger partial charge in [-0.2, -0.15) is 0 Å². The molecule has 1 saturated heterocycles. The van der Waals surface area contributed by atoms with Gasteiger partial charge in [0, 0.05) is 39.1 Å². The Morgan fingerprint density at radius 3 is 2.36 bits per heavy atom. The highest BCUT2D eigenvalue weighted by molar-refractivity contribution is 5.78. The molecule has 126 valence electrons. The number of nitrogens with one attached hydrogen (secondary N) is 1. The van der Waals surface area contributed by atoms with Gasteiger partial charge < -0.3 is 10.2 Å². The van der Waals surface area contributed by atoms with Gasteiger partial charge in [0.15, 0.2) is 0 Å². The summed E-state index contributed by atoms with van der Waals surface area (Å²) in [4.78, 5) is 28.2. The summed E-state index contributed by atoms with van der Waals surface area (Å²) < 4.78 is 0. The number of hydrogen-bond donors (Lipinski definition) is 1. The molecule has 0 bridgehead atoms. The molecule has 0 aromatic carbocycles. The van der Waals surface area contributed by atoms with E-state index in [0.717, 1.165) is 45.6 Å². The summed E-state index contributed by atoms with van der Waals surface area (Å²) in [5.74, 6) is 1.03. The number of carbonyl (C=O) groups excluding carboxylic acids is 2. The predicted octanol–water partition coefficient (Wildman–Crippen LogP) is 1.63. The topological polar surface area (TPSA) is 52.7 Å². The van der Waals surface area contributed by atoms with E-state index < -0.39 is 0 Å². The van der Waals surface area contributed by atoms with Crippen molar-refractivity contribution in [1.29, 1.82) is 0 Å². The van der Waals surface area contributed by atoms with E-state index in [1.165, 1.54) is 32.1 Å². The lowest BCUT2D eigenvalue weighted by Crippen LogP contribution is -2.51. The smallest absolute Gasteiger partial charge is 0.234 e. The van der Waals surface area contributed by atoms with Gasteiger partial charge in [0.1, 0.15) is 0 Å². The van der Waals surface area contributed by atoms with Crippen LogP contribution in [0.25, 0.3) is 0 Å². The van der Waals surface area contributed by atoms with E-state index in [4.69, 9.17) is 0 Å². The summed E-state index contributed by atoms with van der Waals surface area (Å²) in [7, 11) is 0. The Hall–Kier alpha value is -1.10. The average Bonchev–Trinajstić information content (AvgIpc) is 2.54. The third-order valence-corrected chi connectivity index (χ3v) is 4.85. The third-order valence-electron chi connectivity index (χ3n) is 4.85. The van der Waals surface area contributed by atoms with Crippen molar-refractivity contribution >= 4 is 11.8 Å². The Balaban J connectivity index is 1.65. The van der Waals surface area contributed by atoms with Crippen molar-refractivity contribution in [3.63, 3.8) is 0 Å². The van der Waals surface area contributed by atoms with Crippen LogP contribution >= 0.6 is 0 Å². The fourth-order valence-corrected chi connectivity index (χ4v) is 3.45. The number of rotatable bonds is 6. The summed E-state index contributed by atoms with van der Waals surface area (Å²) in [5, 5.41) is 2.91. The highest BCUT2D eigenvalue weighted by atomic mass is 16.2. The summed E-state index contributed by atoms with van der Waals surface area (Å²) in [5.41, 5.74) is 0.